The van der Waals surface area contributed by atoms with Gasteiger partial charge in [-0.2, -0.15) is 13.2 Å². The zero-order valence-corrected chi connectivity index (χ0v) is 12.3. The molecule has 1 aliphatic heterocycles. The van der Waals surface area contributed by atoms with Gasteiger partial charge in [0.1, 0.15) is 12.4 Å². The van der Waals surface area contributed by atoms with Crippen molar-refractivity contribution in [2.75, 3.05) is 13.2 Å². The number of nitrogens with two attached hydrogens (primary N) is 1. The molecule has 0 aliphatic carbocycles. The summed E-state index contributed by atoms with van der Waals surface area (Å²) in [6, 6.07) is 2.77. The maximum absolute atomic E-state index is 12.7. The lowest BCUT2D eigenvalue weighted by atomic mass is 9.92. The smallest absolute Gasteiger partial charge is 0.416 e. The van der Waals surface area contributed by atoms with Gasteiger partial charge in [-0.15, -0.1) is 0 Å². The Bertz CT molecular complexity index is 552. The molecule has 1 amide bonds. The van der Waals surface area contributed by atoms with Gasteiger partial charge in [-0.25, -0.2) is 0 Å². The number of rotatable bonds is 4. The molecule has 22 heavy (non-hydrogen) atoms. The van der Waals surface area contributed by atoms with Gasteiger partial charge in [-0.3, -0.25) is 4.79 Å². The number of primary amides is 1. The summed E-state index contributed by atoms with van der Waals surface area (Å²) >= 11 is 0. The standard InChI is InChI=1S/C15H19F3N2O2/c1-14(6-2-3-7-20-14)9-22-12-5-4-10(15(16,17)18)8-11(12)13(19)21/h4-5,8,20H,2-3,6-7,9H2,1H3,(H2,19,21)/t14-/m0/s1. The van der Waals surface area contributed by atoms with E-state index in [1.807, 2.05) is 6.92 Å². The molecule has 1 aromatic carbocycles. The number of nitrogens with one attached hydrogen (secondary N) is 1. The van der Waals surface area contributed by atoms with E-state index in [-0.39, 0.29) is 23.5 Å². The van der Waals surface area contributed by atoms with Crippen LogP contribution in [0.15, 0.2) is 18.2 Å². The Morgan fingerprint density at radius 3 is 2.68 bits per heavy atom. The van der Waals surface area contributed by atoms with Crippen LogP contribution in [0.5, 0.6) is 5.75 Å². The Labute approximate surface area is 126 Å². The molecule has 2 rings (SSSR count). The summed E-state index contributed by atoms with van der Waals surface area (Å²) in [4.78, 5) is 11.4. The number of alkyl halides is 3. The van der Waals surface area contributed by atoms with Crippen molar-refractivity contribution < 1.29 is 22.7 Å². The van der Waals surface area contributed by atoms with Crippen LogP contribution in [0.4, 0.5) is 13.2 Å². The van der Waals surface area contributed by atoms with Gasteiger partial charge >= 0.3 is 6.18 Å². The van der Waals surface area contributed by atoms with Crippen LogP contribution in [0.2, 0.25) is 0 Å². The van der Waals surface area contributed by atoms with Gasteiger partial charge < -0.3 is 15.8 Å². The lowest BCUT2D eigenvalue weighted by molar-refractivity contribution is -0.137. The van der Waals surface area contributed by atoms with Crippen LogP contribution < -0.4 is 15.8 Å². The van der Waals surface area contributed by atoms with Crippen molar-refractivity contribution in [2.45, 2.75) is 37.9 Å². The fourth-order valence-corrected chi connectivity index (χ4v) is 2.50. The number of hydrogen-bond donors (Lipinski definition) is 2. The average molecular weight is 316 g/mol. The summed E-state index contributed by atoms with van der Waals surface area (Å²) in [5.74, 6) is -0.864. The molecule has 0 radical (unpaired) electrons. The van der Waals surface area contributed by atoms with Crippen molar-refractivity contribution in [3.05, 3.63) is 29.3 Å². The van der Waals surface area contributed by atoms with Crippen LogP contribution in [-0.4, -0.2) is 24.6 Å². The molecule has 4 nitrogen and oxygen atoms in total. The van der Waals surface area contributed by atoms with E-state index in [1.165, 1.54) is 0 Å². The Morgan fingerprint density at radius 2 is 2.14 bits per heavy atom. The van der Waals surface area contributed by atoms with Gasteiger partial charge in [0.2, 0.25) is 0 Å². The van der Waals surface area contributed by atoms with Gasteiger partial charge in [0, 0.05) is 5.54 Å². The van der Waals surface area contributed by atoms with Crippen molar-refractivity contribution >= 4 is 5.91 Å². The Kier molecular flexibility index (Phi) is 4.65. The number of ether oxygens (including phenoxy) is 1. The summed E-state index contributed by atoms with van der Waals surface area (Å²) in [6.45, 7) is 3.12. The number of halogens is 3. The van der Waals surface area contributed by atoms with E-state index in [2.05, 4.69) is 5.32 Å². The highest BCUT2D eigenvalue weighted by molar-refractivity contribution is 5.95. The van der Waals surface area contributed by atoms with E-state index < -0.39 is 17.6 Å². The minimum atomic E-state index is -4.53. The molecule has 0 bridgehead atoms. The number of carbonyl (C=O) groups excluding carboxylic acids is 1. The average Bonchev–Trinajstić information content (AvgIpc) is 2.44. The van der Waals surface area contributed by atoms with E-state index in [0.29, 0.717) is 0 Å². The van der Waals surface area contributed by atoms with Crippen molar-refractivity contribution in [3.63, 3.8) is 0 Å². The van der Waals surface area contributed by atoms with Crippen LogP contribution in [0.25, 0.3) is 0 Å². The minimum Gasteiger partial charge on any atom is -0.491 e. The maximum atomic E-state index is 12.7. The fourth-order valence-electron chi connectivity index (χ4n) is 2.50. The number of piperidine rings is 1. The second kappa shape index (κ2) is 6.16. The molecular weight excluding hydrogens is 297 g/mol. The predicted octanol–water partition coefficient (Wildman–Crippen LogP) is 2.72. The number of carbonyl (C=O) groups is 1. The highest BCUT2D eigenvalue weighted by Crippen LogP contribution is 2.33. The lowest BCUT2D eigenvalue weighted by Crippen LogP contribution is -2.50. The van der Waals surface area contributed by atoms with Gasteiger partial charge in [0.05, 0.1) is 11.1 Å². The highest BCUT2D eigenvalue weighted by atomic mass is 19.4. The molecule has 122 valence electrons. The molecular formula is C15H19F3N2O2. The van der Waals surface area contributed by atoms with Gasteiger partial charge in [-0.05, 0) is 44.5 Å². The van der Waals surface area contributed by atoms with Crippen LogP contribution >= 0.6 is 0 Å². The zero-order chi connectivity index (χ0) is 16.4. The molecule has 1 fully saturated rings. The number of amides is 1. The molecule has 7 heteroatoms. The van der Waals surface area contributed by atoms with E-state index in [9.17, 15) is 18.0 Å². The molecule has 1 atom stereocenters. The molecule has 3 N–H and O–H groups in total. The Balaban J connectivity index is 2.18. The Hall–Kier alpha value is -1.76. The second-order valence-electron chi connectivity index (χ2n) is 5.81. The third-order valence-electron chi connectivity index (χ3n) is 3.83. The zero-order valence-electron chi connectivity index (χ0n) is 12.3. The summed E-state index contributed by atoms with van der Waals surface area (Å²) in [5.41, 5.74) is 3.74. The minimum absolute atomic E-state index is 0.0779. The number of hydrogen-bond acceptors (Lipinski definition) is 3. The van der Waals surface area contributed by atoms with Crippen molar-refractivity contribution in [1.29, 1.82) is 0 Å². The van der Waals surface area contributed by atoms with E-state index >= 15 is 0 Å². The molecule has 0 saturated carbocycles. The second-order valence-corrected chi connectivity index (χ2v) is 5.81. The first-order chi connectivity index (χ1) is 10.2. The predicted molar refractivity (Wildman–Crippen MR) is 75.7 cm³/mol. The van der Waals surface area contributed by atoms with Crippen molar-refractivity contribution in [1.82, 2.24) is 5.32 Å². The molecule has 1 saturated heterocycles. The quantitative estimate of drug-likeness (QED) is 0.898. The third-order valence-corrected chi connectivity index (χ3v) is 3.83. The van der Waals surface area contributed by atoms with Gasteiger partial charge in [-0.1, -0.05) is 6.42 Å². The summed E-state index contributed by atoms with van der Waals surface area (Å²) in [5, 5.41) is 3.33. The molecule has 0 aromatic heterocycles. The van der Waals surface area contributed by atoms with Crippen molar-refractivity contribution in [2.24, 2.45) is 5.73 Å². The summed E-state index contributed by atoms with van der Waals surface area (Å²) in [7, 11) is 0. The van der Waals surface area contributed by atoms with Crippen LogP contribution in [0, 0.1) is 0 Å². The van der Waals surface area contributed by atoms with Gasteiger partial charge in [0.25, 0.3) is 5.91 Å². The lowest BCUT2D eigenvalue weighted by Gasteiger charge is -2.34. The van der Waals surface area contributed by atoms with E-state index in [1.54, 1.807) is 0 Å². The van der Waals surface area contributed by atoms with Gasteiger partial charge in [0.15, 0.2) is 0 Å². The molecule has 0 spiro atoms. The Morgan fingerprint density at radius 1 is 1.41 bits per heavy atom. The highest BCUT2D eigenvalue weighted by Gasteiger charge is 2.32. The van der Waals surface area contributed by atoms with Crippen molar-refractivity contribution in [3.8, 4) is 5.75 Å². The third kappa shape index (κ3) is 3.91. The first-order valence-corrected chi connectivity index (χ1v) is 7.10. The first kappa shape index (κ1) is 16.6. The van der Waals surface area contributed by atoms with E-state index in [0.717, 1.165) is 44.0 Å². The SMILES string of the molecule is C[C@@]1(COc2ccc(C(F)(F)F)cc2C(N)=O)CCCCN1. The topological polar surface area (TPSA) is 64.3 Å². The maximum Gasteiger partial charge on any atom is 0.416 e. The fraction of sp³-hybridized carbons (Fsp3) is 0.533. The van der Waals surface area contributed by atoms with Crippen LogP contribution in [0.1, 0.15) is 42.1 Å². The van der Waals surface area contributed by atoms with E-state index in [4.69, 9.17) is 10.5 Å². The monoisotopic (exact) mass is 316 g/mol. The number of benzene rings is 1. The molecule has 1 aromatic rings. The molecule has 1 aliphatic rings. The molecule has 1 heterocycles. The normalized spacial score (nSPS) is 22.4. The van der Waals surface area contributed by atoms with Crippen LogP contribution in [0.3, 0.4) is 0 Å². The molecule has 0 unspecified atom stereocenters. The summed E-state index contributed by atoms with van der Waals surface area (Å²) in [6.07, 6.45) is -1.48. The largest absolute Gasteiger partial charge is 0.491 e. The summed E-state index contributed by atoms with van der Waals surface area (Å²) < 4.78 is 43.7. The first-order valence-electron chi connectivity index (χ1n) is 7.10. The van der Waals surface area contributed by atoms with Crippen LogP contribution in [-0.2, 0) is 6.18 Å².